The van der Waals surface area contributed by atoms with E-state index in [0.717, 1.165) is 6.29 Å². The molecule has 76 valence electrons. The second kappa shape index (κ2) is 4.96. The number of benzene rings is 1. The first-order chi connectivity index (χ1) is 6.63. The smallest absolute Gasteiger partial charge is 0.138 e. The number of hydrogen-bond donors (Lipinski definition) is 0. The Labute approximate surface area is 86.6 Å². The molecule has 14 heavy (non-hydrogen) atoms. The predicted molar refractivity (Wildman–Crippen MR) is 52.2 cm³/mol. The zero-order valence-electron chi connectivity index (χ0n) is 7.67. The summed E-state index contributed by atoms with van der Waals surface area (Å²) in [5.74, 6) is -0.0205. The van der Waals surface area contributed by atoms with Crippen molar-refractivity contribution in [2.45, 2.75) is 19.4 Å². The number of rotatable bonds is 4. The Kier molecular flexibility index (Phi) is 3.89. The van der Waals surface area contributed by atoms with Crippen LogP contribution in [0.5, 0.6) is 5.75 Å². The van der Waals surface area contributed by atoms with Crippen molar-refractivity contribution in [3.63, 3.8) is 0 Å². The van der Waals surface area contributed by atoms with Crippen LogP contribution in [-0.4, -0.2) is 12.4 Å². The lowest BCUT2D eigenvalue weighted by molar-refractivity contribution is -0.109. The van der Waals surface area contributed by atoms with Gasteiger partial charge in [0.15, 0.2) is 0 Å². The minimum Gasteiger partial charge on any atom is -0.489 e. The first-order valence-electron chi connectivity index (χ1n) is 4.19. The number of halogens is 2. The summed E-state index contributed by atoms with van der Waals surface area (Å²) in [6, 6.07) is 3.87. The summed E-state index contributed by atoms with van der Waals surface area (Å²) in [5.41, 5.74) is 0. The molecule has 0 amide bonds. The van der Waals surface area contributed by atoms with Gasteiger partial charge in [0.2, 0.25) is 0 Å². The van der Waals surface area contributed by atoms with Crippen LogP contribution < -0.4 is 4.74 Å². The number of ether oxygens (including phenoxy) is 1. The molecule has 1 unspecified atom stereocenters. The summed E-state index contributed by atoms with van der Waals surface area (Å²) in [7, 11) is 0. The van der Waals surface area contributed by atoms with Gasteiger partial charge in [-0.15, -0.1) is 0 Å². The van der Waals surface area contributed by atoms with E-state index in [4.69, 9.17) is 16.3 Å². The van der Waals surface area contributed by atoms with E-state index in [1.165, 1.54) is 18.2 Å². The normalized spacial score (nSPS) is 12.2. The molecule has 0 radical (unpaired) electrons. The molecule has 0 saturated heterocycles. The molecule has 2 nitrogen and oxygen atoms in total. The quantitative estimate of drug-likeness (QED) is 0.724. The fourth-order valence-electron chi connectivity index (χ4n) is 0.971. The summed E-state index contributed by atoms with van der Waals surface area (Å²) in [6.45, 7) is 1.74. The molecule has 4 heteroatoms. The Bertz CT molecular complexity index is 328. The molecule has 0 aromatic heterocycles. The molecule has 0 aliphatic heterocycles. The lowest BCUT2D eigenvalue weighted by Gasteiger charge is -2.12. The fourth-order valence-corrected chi connectivity index (χ4v) is 1.18. The van der Waals surface area contributed by atoms with E-state index in [2.05, 4.69) is 0 Å². The summed E-state index contributed by atoms with van der Waals surface area (Å²) in [4.78, 5) is 10.2. The Hall–Kier alpha value is -1.09. The SMILES string of the molecule is CC(CC=O)Oc1ccc(F)cc1Cl. The van der Waals surface area contributed by atoms with E-state index >= 15 is 0 Å². The number of carbonyl (C=O) groups excluding carboxylic acids is 1. The van der Waals surface area contributed by atoms with Crippen LogP contribution in [-0.2, 0) is 4.79 Å². The summed E-state index contributed by atoms with van der Waals surface area (Å²) < 4.78 is 17.9. The monoisotopic (exact) mass is 216 g/mol. The second-order valence-corrected chi connectivity index (χ2v) is 3.31. The van der Waals surface area contributed by atoms with E-state index in [0.29, 0.717) is 5.75 Å². The van der Waals surface area contributed by atoms with Crippen LogP contribution >= 0.6 is 11.6 Å². The molecular weight excluding hydrogens is 207 g/mol. The van der Waals surface area contributed by atoms with Crippen molar-refractivity contribution in [3.05, 3.63) is 29.0 Å². The van der Waals surface area contributed by atoms with Crippen molar-refractivity contribution in [2.75, 3.05) is 0 Å². The van der Waals surface area contributed by atoms with Crippen molar-refractivity contribution in [1.82, 2.24) is 0 Å². The largest absolute Gasteiger partial charge is 0.489 e. The molecule has 0 aliphatic carbocycles. The topological polar surface area (TPSA) is 26.3 Å². The molecule has 0 saturated carbocycles. The first kappa shape index (κ1) is 11.0. The minimum absolute atomic E-state index is 0.211. The van der Waals surface area contributed by atoms with Crippen LogP contribution in [0.2, 0.25) is 5.02 Å². The van der Waals surface area contributed by atoms with Gasteiger partial charge < -0.3 is 9.53 Å². The average molecular weight is 217 g/mol. The average Bonchev–Trinajstić information content (AvgIpc) is 2.10. The van der Waals surface area contributed by atoms with Crippen LogP contribution in [0, 0.1) is 5.82 Å². The van der Waals surface area contributed by atoms with E-state index in [1.807, 2.05) is 0 Å². The van der Waals surface area contributed by atoms with Gasteiger partial charge in [-0.1, -0.05) is 11.6 Å². The van der Waals surface area contributed by atoms with Crippen molar-refractivity contribution >= 4 is 17.9 Å². The Morgan fingerprint density at radius 1 is 1.64 bits per heavy atom. The maximum Gasteiger partial charge on any atom is 0.138 e. The van der Waals surface area contributed by atoms with Crippen LogP contribution in [0.1, 0.15) is 13.3 Å². The number of aldehydes is 1. The third-order valence-electron chi connectivity index (χ3n) is 1.65. The predicted octanol–water partition coefficient (Wildman–Crippen LogP) is 2.84. The molecular formula is C10H10ClFO2. The van der Waals surface area contributed by atoms with Gasteiger partial charge in [0.25, 0.3) is 0 Å². The first-order valence-corrected chi connectivity index (χ1v) is 4.56. The van der Waals surface area contributed by atoms with Crippen molar-refractivity contribution in [3.8, 4) is 5.75 Å². The van der Waals surface area contributed by atoms with Gasteiger partial charge in [-0.25, -0.2) is 4.39 Å². The molecule has 0 N–H and O–H groups in total. The van der Waals surface area contributed by atoms with Gasteiger partial charge in [-0.2, -0.15) is 0 Å². The summed E-state index contributed by atoms with van der Waals surface area (Å²) >= 11 is 5.72. The van der Waals surface area contributed by atoms with Gasteiger partial charge in [0.1, 0.15) is 24.0 Å². The molecule has 0 bridgehead atoms. The highest BCUT2D eigenvalue weighted by molar-refractivity contribution is 6.32. The molecule has 0 spiro atoms. The van der Waals surface area contributed by atoms with E-state index in [-0.39, 0.29) is 17.5 Å². The van der Waals surface area contributed by atoms with Crippen molar-refractivity contribution in [1.29, 1.82) is 0 Å². The van der Waals surface area contributed by atoms with Crippen LogP contribution in [0.4, 0.5) is 4.39 Å². The molecule has 0 fully saturated rings. The maximum atomic E-state index is 12.6. The fraction of sp³-hybridized carbons (Fsp3) is 0.300. The zero-order valence-corrected chi connectivity index (χ0v) is 8.42. The molecule has 0 aliphatic rings. The van der Waals surface area contributed by atoms with Gasteiger partial charge in [-0.3, -0.25) is 0 Å². The number of carbonyl (C=O) groups is 1. The molecule has 0 heterocycles. The highest BCUT2D eigenvalue weighted by atomic mass is 35.5. The zero-order chi connectivity index (χ0) is 10.6. The molecule has 1 aromatic rings. The van der Waals surface area contributed by atoms with Crippen LogP contribution in [0.25, 0.3) is 0 Å². The van der Waals surface area contributed by atoms with E-state index in [1.54, 1.807) is 6.92 Å². The Morgan fingerprint density at radius 3 is 2.93 bits per heavy atom. The third kappa shape index (κ3) is 3.00. The lowest BCUT2D eigenvalue weighted by Crippen LogP contribution is -2.12. The van der Waals surface area contributed by atoms with Crippen molar-refractivity contribution < 1.29 is 13.9 Å². The minimum atomic E-state index is -0.412. The summed E-state index contributed by atoms with van der Waals surface area (Å²) in [6.07, 6.45) is 0.797. The van der Waals surface area contributed by atoms with Crippen LogP contribution in [0.3, 0.4) is 0 Å². The third-order valence-corrected chi connectivity index (χ3v) is 1.95. The summed E-state index contributed by atoms with van der Waals surface area (Å²) in [5, 5.41) is 0.211. The second-order valence-electron chi connectivity index (χ2n) is 2.91. The standard InChI is InChI=1S/C10H10ClFO2/c1-7(4-5-13)14-10-3-2-8(12)6-9(10)11/h2-3,5-7H,4H2,1H3. The Balaban J connectivity index is 2.71. The molecule has 1 rings (SSSR count). The van der Waals surface area contributed by atoms with E-state index < -0.39 is 5.82 Å². The lowest BCUT2D eigenvalue weighted by atomic mass is 10.3. The van der Waals surface area contributed by atoms with E-state index in [9.17, 15) is 9.18 Å². The van der Waals surface area contributed by atoms with Crippen molar-refractivity contribution in [2.24, 2.45) is 0 Å². The highest BCUT2D eigenvalue weighted by Gasteiger charge is 2.07. The highest BCUT2D eigenvalue weighted by Crippen LogP contribution is 2.25. The number of hydrogen-bond acceptors (Lipinski definition) is 2. The van der Waals surface area contributed by atoms with Gasteiger partial charge >= 0.3 is 0 Å². The van der Waals surface area contributed by atoms with Gasteiger partial charge in [-0.05, 0) is 25.1 Å². The maximum absolute atomic E-state index is 12.6. The van der Waals surface area contributed by atoms with Crippen LogP contribution in [0.15, 0.2) is 18.2 Å². The van der Waals surface area contributed by atoms with Gasteiger partial charge in [0, 0.05) is 6.42 Å². The molecule has 1 aromatic carbocycles. The Morgan fingerprint density at radius 2 is 2.36 bits per heavy atom. The van der Waals surface area contributed by atoms with Gasteiger partial charge in [0.05, 0.1) is 5.02 Å². The molecule has 1 atom stereocenters.